The number of ether oxygens (including phenoxy) is 2. The maximum atomic E-state index is 11.6. The fraction of sp³-hybridized carbons (Fsp3) is 0.375. The van der Waals surface area contributed by atoms with Crippen LogP contribution in [0.25, 0.3) is 22.3 Å². The van der Waals surface area contributed by atoms with E-state index in [-0.39, 0.29) is 12.0 Å². The number of likely N-dealkylation sites (tertiary alicyclic amines) is 1. The van der Waals surface area contributed by atoms with Crippen molar-refractivity contribution in [2.45, 2.75) is 57.7 Å². The van der Waals surface area contributed by atoms with E-state index < -0.39 is 5.97 Å². The summed E-state index contributed by atoms with van der Waals surface area (Å²) in [6, 6.07) is 22.8. The molecule has 1 aromatic heterocycles. The van der Waals surface area contributed by atoms with Gasteiger partial charge in [-0.1, -0.05) is 83.9 Å². The molecule has 1 aliphatic heterocycles. The van der Waals surface area contributed by atoms with Crippen molar-refractivity contribution in [3.63, 3.8) is 0 Å². The Labute approximate surface area is 302 Å². The summed E-state index contributed by atoms with van der Waals surface area (Å²) >= 11 is 13.9. The second-order valence-electron chi connectivity index (χ2n) is 13.7. The summed E-state index contributed by atoms with van der Waals surface area (Å²) < 4.78 is 12.1. The van der Waals surface area contributed by atoms with Crippen LogP contribution in [0.5, 0.6) is 11.8 Å². The van der Waals surface area contributed by atoms with E-state index in [1.807, 2.05) is 12.1 Å². The average Bonchev–Trinajstić information content (AvgIpc) is 3.87. The Morgan fingerprint density at radius 3 is 2.50 bits per heavy atom. The van der Waals surface area contributed by atoms with Gasteiger partial charge in [-0.25, -0.2) is 0 Å². The average molecular weight is 715 g/mol. The molecule has 2 aliphatic carbocycles. The predicted octanol–water partition coefficient (Wildman–Crippen LogP) is 8.16. The van der Waals surface area contributed by atoms with Crippen molar-refractivity contribution in [2.75, 3.05) is 26.7 Å². The first-order valence-electron chi connectivity index (χ1n) is 17.3. The lowest BCUT2D eigenvalue weighted by Gasteiger charge is -2.20. The van der Waals surface area contributed by atoms with E-state index in [4.69, 9.17) is 32.7 Å². The molecule has 2 heterocycles. The molecule has 2 fully saturated rings. The maximum absolute atomic E-state index is 11.6. The van der Waals surface area contributed by atoms with Crippen molar-refractivity contribution < 1.29 is 24.2 Å². The van der Waals surface area contributed by atoms with Crippen LogP contribution in [0.3, 0.4) is 0 Å². The summed E-state index contributed by atoms with van der Waals surface area (Å²) in [5.74, 6) is 0.444. The third kappa shape index (κ3) is 7.40. The number of hydrogen-bond donors (Lipinski definition) is 2. The molecule has 0 amide bonds. The van der Waals surface area contributed by atoms with Gasteiger partial charge in [0.15, 0.2) is 0 Å². The molecule has 1 saturated carbocycles. The molecular weight excluding hydrogens is 673 g/mol. The minimum absolute atomic E-state index is 0.238. The van der Waals surface area contributed by atoms with Gasteiger partial charge in [0.25, 0.3) is 0 Å². The van der Waals surface area contributed by atoms with E-state index in [1.54, 1.807) is 7.11 Å². The second-order valence-corrected chi connectivity index (χ2v) is 14.4. The first-order chi connectivity index (χ1) is 24.3. The lowest BCUT2D eigenvalue weighted by atomic mass is 9.93. The van der Waals surface area contributed by atoms with Crippen LogP contribution in [0.4, 0.5) is 0 Å². The highest BCUT2D eigenvalue weighted by molar-refractivity contribution is 6.36. The molecule has 1 saturated heterocycles. The van der Waals surface area contributed by atoms with E-state index in [9.17, 15) is 14.7 Å². The zero-order chi connectivity index (χ0) is 34.8. The first-order valence-corrected chi connectivity index (χ1v) is 18.1. The number of nitrogens with one attached hydrogen (secondary N) is 1. The smallest absolute Gasteiger partial charge is 0.307 e. The number of halogens is 2. The monoisotopic (exact) mass is 713 g/mol. The molecule has 7 rings (SSSR count). The maximum Gasteiger partial charge on any atom is 0.307 e. The summed E-state index contributed by atoms with van der Waals surface area (Å²) in [5, 5.41) is 14.0. The van der Waals surface area contributed by atoms with Gasteiger partial charge in [-0.2, -0.15) is 4.98 Å². The van der Waals surface area contributed by atoms with Gasteiger partial charge in [0.2, 0.25) is 11.8 Å². The Morgan fingerprint density at radius 1 is 0.980 bits per heavy atom. The summed E-state index contributed by atoms with van der Waals surface area (Å²) in [6.07, 6.45) is 4.38. The van der Waals surface area contributed by atoms with Crippen molar-refractivity contribution in [1.82, 2.24) is 15.2 Å². The van der Waals surface area contributed by atoms with Gasteiger partial charge in [0.1, 0.15) is 16.9 Å². The molecule has 10 heteroatoms. The van der Waals surface area contributed by atoms with Crippen molar-refractivity contribution in [3.05, 3.63) is 99.0 Å². The molecule has 260 valence electrons. The van der Waals surface area contributed by atoms with E-state index in [0.29, 0.717) is 66.0 Å². The number of benzene rings is 3. The first kappa shape index (κ1) is 34.5. The number of pyridine rings is 1. The minimum atomic E-state index is -0.764. The third-order valence-electron chi connectivity index (χ3n) is 10.3. The number of ketones is 1. The number of methoxy groups -OCH3 is 1. The number of carboxylic acids is 1. The van der Waals surface area contributed by atoms with Gasteiger partial charge in [-0.05, 0) is 78.6 Å². The molecule has 3 aromatic carbocycles. The number of aliphatic carboxylic acids is 1. The fourth-order valence-electron chi connectivity index (χ4n) is 7.66. The van der Waals surface area contributed by atoms with Gasteiger partial charge in [0.05, 0.1) is 18.1 Å². The number of carbonyl (C=O) groups excluding carboxylic acids is 1. The van der Waals surface area contributed by atoms with Gasteiger partial charge in [0, 0.05) is 49.2 Å². The van der Waals surface area contributed by atoms with Crippen molar-refractivity contribution in [2.24, 2.45) is 11.8 Å². The molecule has 4 aromatic rings. The molecule has 0 spiro atoms. The summed E-state index contributed by atoms with van der Waals surface area (Å²) in [6.45, 7) is 3.32. The quantitative estimate of drug-likeness (QED) is 0.152. The predicted molar refractivity (Wildman–Crippen MR) is 195 cm³/mol. The van der Waals surface area contributed by atoms with Crippen LogP contribution in [0.1, 0.15) is 60.5 Å². The standard InChI is InChI=1S/C40H41Cl2N3O5/c1-49-38-28(23-45-17-16-27(22-45)40(47)48)19-35(41)39(44-38)50-36-15-14-32-31(5-3-6-33(32)36)34-7-2-4-30(37(34)42)26-11-8-24(9-12-26)20-43-21-25-10-13-29(46)18-25/h2-9,11-12,19,25,27,36,43H,10,13-18,20-23H2,1H3,(H,47,48)/t25-,27-,36+/m1/s1. The lowest BCUT2D eigenvalue weighted by molar-refractivity contribution is -0.141. The summed E-state index contributed by atoms with van der Waals surface area (Å²) in [7, 11) is 1.57. The van der Waals surface area contributed by atoms with E-state index in [1.165, 1.54) is 11.1 Å². The van der Waals surface area contributed by atoms with Crippen LogP contribution in [0.2, 0.25) is 10.0 Å². The van der Waals surface area contributed by atoms with Gasteiger partial charge in [-0.3, -0.25) is 14.5 Å². The Hall–Kier alpha value is -3.95. The third-order valence-corrected chi connectivity index (χ3v) is 11.0. The van der Waals surface area contributed by atoms with Crippen molar-refractivity contribution >= 4 is 35.0 Å². The Bertz CT molecular complexity index is 1900. The number of carbonyl (C=O) groups is 2. The van der Waals surface area contributed by atoms with E-state index in [0.717, 1.165) is 72.2 Å². The number of aromatic nitrogens is 1. The van der Waals surface area contributed by atoms with E-state index >= 15 is 0 Å². The second kappa shape index (κ2) is 15.1. The minimum Gasteiger partial charge on any atom is -0.481 e. The number of Topliss-reactive ketones (excluding diaryl/α,β-unsaturated/α-hetero) is 1. The number of hydrogen-bond acceptors (Lipinski definition) is 7. The normalized spacial score (nSPS) is 20.3. The zero-order valence-electron chi connectivity index (χ0n) is 28.1. The number of carboxylic acid groups (broad SMARTS) is 1. The van der Waals surface area contributed by atoms with Crippen LogP contribution >= 0.6 is 23.2 Å². The number of fused-ring (bicyclic) bond motifs is 1. The molecule has 0 unspecified atom stereocenters. The highest BCUT2D eigenvalue weighted by Crippen LogP contribution is 2.45. The molecular formula is C40H41Cl2N3O5. The van der Waals surface area contributed by atoms with Gasteiger partial charge >= 0.3 is 5.97 Å². The summed E-state index contributed by atoms with van der Waals surface area (Å²) in [4.78, 5) is 29.7. The molecule has 3 aliphatic rings. The summed E-state index contributed by atoms with van der Waals surface area (Å²) in [5.41, 5.74) is 8.37. The highest BCUT2D eigenvalue weighted by atomic mass is 35.5. The molecule has 0 radical (unpaired) electrons. The van der Waals surface area contributed by atoms with Gasteiger partial charge in [-0.15, -0.1) is 0 Å². The lowest BCUT2D eigenvalue weighted by Crippen LogP contribution is -2.23. The molecule has 0 bridgehead atoms. The van der Waals surface area contributed by atoms with Gasteiger partial charge < -0.3 is 19.9 Å². The fourth-order valence-corrected chi connectivity index (χ4v) is 8.22. The topological polar surface area (TPSA) is 101 Å². The molecule has 2 N–H and O–H groups in total. The van der Waals surface area contributed by atoms with Crippen LogP contribution in [-0.2, 0) is 29.1 Å². The highest BCUT2D eigenvalue weighted by Gasteiger charge is 2.31. The zero-order valence-corrected chi connectivity index (χ0v) is 29.6. The number of nitrogens with zero attached hydrogens (tertiary/aromatic N) is 2. The molecule has 8 nitrogen and oxygen atoms in total. The largest absolute Gasteiger partial charge is 0.481 e. The van der Waals surface area contributed by atoms with Crippen LogP contribution in [-0.4, -0.2) is 53.5 Å². The van der Waals surface area contributed by atoms with Crippen molar-refractivity contribution in [3.8, 4) is 34.0 Å². The van der Waals surface area contributed by atoms with Crippen LogP contribution < -0.4 is 14.8 Å². The Morgan fingerprint density at radius 2 is 1.76 bits per heavy atom. The van der Waals surface area contributed by atoms with Crippen LogP contribution in [0, 0.1) is 11.8 Å². The Balaban J connectivity index is 1.05. The SMILES string of the molecule is COc1nc(O[C@H]2CCc3c(-c4cccc(-c5ccc(CNC[C@@H]6CCC(=O)C6)cc5)c4Cl)cccc32)c(Cl)cc1CN1CC[C@@H](C(=O)O)C1. The number of rotatable bonds is 12. The Kier molecular flexibility index (Phi) is 10.4. The molecule has 50 heavy (non-hydrogen) atoms. The van der Waals surface area contributed by atoms with Crippen molar-refractivity contribution in [1.29, 1.82) is 0 Å². The van der Waals surface area contributed by atoms with E-state index in [2.05, 4.69) is 69.8 Å². The van der Waals surface area contributed by atoms with Crippen LogP contribution in [0.15, 0.2) is 66.7 Å². The molecule has 3 atom stereocenters.